The predicted octanol–water partition coefficient (Wildman–Crippen LogP) is 4.81. The zero-order valence-electron chi connectivity index (χ0n) is 17.0. The van der Waals surface area contributed by atoms with E-state index in [1.54, 1.807) is 35.4 Å². The molecule has 1 amide bonds. The van der Waals surface area contributed by atoms with Crippen LogP contribution in [0.2, 0.25) is 5.02 Å². The number of fused-ring (bicyclic) bond motifs is 2. The smallest absolute Gasteiger partial charge is 0.229 e. The molecule has 1 aromatic heterocycles. The van der Waals surface area contributed by atoms with E-state index in [1.807, 2.05) is 36.4 Å². The fraction of sp³-hybridized carbons (Fsp3) is 0.130. The standard InChI is InChI=1S/C23H20ClN3O3S/c1-15(28)27-14-18-12-22(20-5-3-4-6-21(20)26-31(2,29)30)25-13-17(18)8-7-16-11-19(24)9-10-23(16)27/h3-13,26H,14H2,1-2H3. The number of rotatable bonds is 3. The highest BCUT2D eigenvalue weighted by atomic mass is 35.5. The lowest BCUT2D eigenvalue weighted by Gasteiger charge is -2.26. The molecule has 0 radical (unpaired) electrons. The number of nitrogens with one attached hydrogen (secondary N) is 1. The van der Waals surface area contributed by atoms with Crippen LogP contribution < -0.4 is 9.62 Å². The molecule has 1 N–H and O–H groups in total. The summed E-state index contributed by atoms with van der Waals surface area (Å²) in [4.78, 5) is 18.7. The zero-order chi connectivity index (χ0) is 22.2. The number of sulfonamides is 1. The largest absolute Gasteiger partial charge is 0.308 e. The molecule has 0 atom stereocenters. The minimum absolute atomic E-state index is 0.0951. The molecule has 158 valence electrons. The predicted molar refractivity (Wildman–Crippen MR) is 125 cm³/mol. The minimum Gasteiger partial charge on any atom is -0.308 e. The Balaban J connectivity index is 1.83. The van der Waals surface area contributed by atoms with Crippen molar-refractivity contribution in [2.75, 3.05) is 15.9 Å². The topological polar surface area (TPSA) is 79.4 Å². The van der Waals surface area contributed by atoms with E-state index in [0.29, 0.717) is 28.5 Å². The molecular formula is C23H20ClN3O3S. The quantitative estimate of drug-likeness (QED) is 0.617. The Morgan fingerprint density at radius 3 is 2.58 bits per heavy atom. The zero-order valence-corrected chi connectivity index (χ0v) is 18.5. The Kier molecular flexibility index (Phi) is 5.56. The molecule has 2 heterocycles. The summed E-state index contributed by atoms with van der Waals surface area (Å²) in [5, 5.41) is 0.594. The van der Waals surface area contributed by atoms with E-state index in [9.17, 15) is 13.2 Å². The Hall–Kier alpha value is -3.16. The van der Waals surface area contributed by atoms with Crippen molar-refractivity contribution in [3.05, 3.63) is 76.4 Å². The van der Waals surface area contributed by atoms with E-state index in [1.165, 1.54) is 6.92 Å². The Morgan fingerprint density at radius 1 is 1.10 bits per heavy atom. The Bertz CT molecular complexity index is 1320. The maximum Gasteiger partial charge on any atom is 0.229 e. The summed E-state index contributed by atoms with van der Waals surface area (Å²) in [5.41, 5.74) is 5.10. The fourth-order valence-electron chi connectivity index (χ4n) is 3.56. The third-order valence-electron chi connectivity index (χ3n) is 4.95. The number of anilines is 2. The maximum absolute atomic E-state index is 12.5. The second kappa shape index (κ2) is 8.17. The maximum atomic E-state index is 12.5. The van der Waals surface area contributed by atoms with Gasteiger partial charge in [0.1, 0.15) is 0 Å². The van der Waals surface area contributed by atoms with Gasteiger partial charge in [-0.2, -0.15) is 0 Å². The van der Waals surface area contributed by atoms with Crippen molar-refractivity contribution < 1.29 is 13.2 Å². The van der Waals surface area contributed by atoms with Crippen molar-refractivity contribution in [2.24, 2.45) is 0 Å². The molecule has 3 aromatic rings. The SMILES string of the molecule is CC(=O)N1Cc2cc(-c3ccccc3NS(C)(=O)=O)ncc2C=Cc2cc(Cl)ccc21. The first-order chi connectivity index (χ1) is 14.7. The van der Waals surface area contributed by atoms with Gasteiger partial charge in [0.25, 0.3) is 0 Å². The van der Waals surface area contributed by atoms with Gasteiger partial charge < -0.3 is 4.90 Å². The first kappa shape index (κ1) is 21.1. The van der Waals surface area contributed by atoms with Gasteiger partial charge in [0.2, 0.25) is 15.9 Å². The summed E-state index contributed by atoms with van der Waals surface area (Å²) in [6, 6.07) is 14.4. The Labute approximate surface area is 186 Å². The molecule has 0 saturated heterocycles. The fourth-order valence-corrected chi connectivity index (χ4v) is 4.32. The number of pyridine rings is 1. The van der Waals surface area contributed by atoms with Crippen LogP contribution in [-0.2, 0) is 21.4 Å². The molecule has 0 spiro atoms. The van der Waals surface area contributed by atoms with Gasteiger partial charge in [0.05, 0.1) is 29.9 Å². The average Bonchev–Trinajstić information content (AvgIpc) is 2.69. The van der Waals surface area contributed by atoms with Gasteiger partial charge in [0.15, 0.2) is 0 Å². The number of halogens is 1. The highest BCUT2D eigenvalue weighted by molar-refractivity contribution is 7.92. The lowest BCUT2D eigenvalue weighted by molar-refractivity contribution is -0.116. The van der Waals surface area contributed by atoms with Crippen molar-refractivity contribution in [1.29, 1.82) is 0 Å². The summed E-state index contributed by atoms with van der Waals surface area (Å²) >= 11 is 6.15. The lowest BCUT2D eigenvalue weighted by Crippen LogP contribution is -2.29. The summed E-state index contributed by atoms with van der Waals surface area (Å²) < 4.78 is 26.1. The van der Waals surface area contributed by atoms with Crippen LogP contribution in [0.5, 0.6) is 0 Å². The Morgan fingerprint density at radius 2 is 1.84 bits per heavy atom. The molecule has 4 rings (SSSR count). The van der Waals surface area contributed by atoms with E-state index in [4.69, 9.17) is 11.6 Å². The van der Waals surface area contributed by atoms with Crippen molar-refractivity contribution in [3.8, 4) is 11.3 Å². The van der Waals surface area contributed by atoms with Gasteiger partial charge in [-0.15, -0.1) is 0 Å². The van der Waals surface area contributed by atoms with E-state index in [0.717, 1.165) is 28.6 Å². The normalized spacial score (nSPS) is 13.1. The van der Waals surface area contributed by atoms with Crippen LogP contribution in [0.15, 0.2) is 54.7 Å². The lowest BCUT2D eigenvalue weighted by atomic mass is 10.00. The van der Waals surface area contributed by atoms with Crippen molar-refractivity contribution in [2.45, 2.75) is 13.5 Å². The van der Waals surface area contributed by atoms with E-state index >= 15 is 0 Å². The molecule has 0 bridgehead atoms. The van der Waals surface area contributed by atoms with Gasteiger partial charge >= 0.3 is 0 Å². The second-order valence-electron chi connectivity index (χ2n) is 7.33. The van der Waals surface area contributed by atoms with Crippen molar-refractivity contribution in [3.63, 3.8) is 0 Å². The number of amides is 1. The van der Waals surface area contributed by atoms with Crippen LogP contribution >= 0.6 is 11.6 Å². The number of hydrogen-bond acceptors (Lipinski definition) is 4. The van der Waals surface area contributed by atoms with Gasteiger partial charge in [-0.05, 0) is 47.0 Å². The van der Waals surface area contributed by atoms with Crippen LogP contribution in [0.4, 0.5) is 11.4 Å². The van der Waals surface area contributed by atoms with Gasteiger partial charge in [-0.3, -0.25) is 14.5 Å². The average molecular weight is 454 g/mol. The molecule has 0 aliphatic carbocycles. The van der Waals surface area contributed by atoms with Crippen molar-refractivity contribution >= 4 is 51.1 Å². The van der Waals surface area contributed by atoms with E-state index in [-0.39, 0.29) is 5.91 Å². The van der Waals surface area contributed by atoms with Crippen LogP contribution in [0.3, 0.4) is 0 Å². The first-order valence-corrected chi connectivity index (χ1v) is 11.8. The van der Waals surface area contributed by atoms with Crippen LogP contribution in [0.25, 0.3) is 23.4 Å². The molecule has 0 fully saturated rings. The van der Waals surface area contributed by atoms with Crippen LogP contribution in [0.1, 0.15) is 23.6 Å². The molecule has 2 aromatic carbocycles. The van der Waals surface area contributed by atoms with Gasteiger partial charge in [-0.1, -0.05) is 42.0 Å². The van der Waals surface area contributed by atoms with Gasteiger partial charge in [0, 0.05) is 23.7 Å². The van der Waals surface area contributed by atoms with E-state index < -0.39 is 10.0 Å². The number of hydrogen-bond donors (Lipinski definition) is 1. The summed E-state index contributed by atoms with van der Waals surface area (Å²) in [6.45, 7) is 1.87. The summed E-state index contributed by atoms with van der Waals surface area (Å²) in [5.74, 6) is -0.0951. The minimum atomic E-state index is -3.45. The number of carbonyl (C=O) groups excluding carboxylic acids is 1. The number of para-hydroxylation sites is 1. The monoisotopic (exact) mass is 453 g/mol. The summed E-state index contributed by atoms with van der Waals surface area (Å²) in [7, 11) is -3.45. The first-order valence-electron chi connectivity index (χ1n) is 9.53. The summed E-state index contributed by atoms with van der Waals surface area (Å²) in [6.07, 6.45) is 6.69. The molecular weight excluding hydrogens is 434 g/mol. The molecule has 8 heteroatoms. The molecule has 0 unspecified atom stereocenters. The van der Waals surface area contributed by atoms with E-state index in [2.05, 4.69) is 9.71 Å². The second-order valence-corrected chi connectivity index (χ2v) is 9.51. The molecule has 0 saturated carbocycles. The number of carbonyl (C=O) groups is 1. The highest BCUT2D eigenvalue weighted by Crippen LogP contribution is 2.33. The molecule has 6 nitrogen and oxygen atoms in total. The number of nitrogens with zero attached hydrogens (tertiary/aromatic N) is 2. The molecule has 1 aliphatic heterocycles. The van der Waals surface area contributed by atoms with Gasteiger partial charge in [-0.25, -0.2) is 8.42 Å². The van der Waals surface area contributed by atoms with Crippen LogP contribution in [0, 0.1) is 0 Å². The van der Waals surface area contributed by atoms with Crippen molar-refractivity contribution in [1.82, 2.24) is 4.98 Å². The molecule has 31 heavy (non-hydrogen) atoms. The highest BCUT2D eigenvalue weighted by Gasteiger charge is 2.20. The van der Waals surface area contributed by atoms with Crippen LogP contribution in [-0.4, -0.2) is 25.6 Å². The number of aromatic nitrogens is 1. The third-order valence-corrected chi connectivity index (χ3v) is 5.78. The molecule has 1 aliphatic rings. The third kappa shape index (κ3) is 4.62. The number of benzene rings is 2.